The van der Waals surface area contributed by atoms with Gasteiger partial charge in [-0.25, -0.2) is 9.78 Å². The average Bonchev–Trinajstić information content (AvgIpc) is 2.72. The van der Waals surface area contributed by atoms with Crippen LogP contribution in [-0.4, -0.2) is 16.7 Å². The number of nitrogens with zero attached hydrogens (tertiary/aromatic N) is 2. The minimum atomic E-state index is -0.425. The van der Waals surface area contributed by atoms with Gasteiger partial charge in [-0.2, -0.15) is 0 Å². The average molecular weight is 473 g/mol. The first kappa shape index (κ1) is 19.7. The van der Waals surface area contributed by atoms with E-state index in [4.69, 9.17) is 9.15 Å². The lowest BCUT2D eigenvalue weighted by molar-refractivity contribution is 0.414. The summed E-state index contributed by atoms with van der Waals surface area (Å²) in [5, 5.41) is 2.01. The molecule has 0 aliphatic heterocycles. The number of hydrogen-bond donors (Lipinski definition) is 0. The first-order valence-electron chi connectivity index (χ1n) is 8.94. The summed E-state index contributed by atoms with van der Waals surface area (Å²) in [5.74, 6) is 1.09. The second kappa shape index (κ2) is 8.04. The monoisotopic (exact) mass is 472 g/mol. The molecule has 0 aliphatic rings. The van der Waals surface area contributed by atoms with Crippen molar-refractivity contribution in [3.63, 3.8) is 0 Å². The summed E-state index contributed by atoms with van der Waals surface area (Å²) in [6, 6.07) is 12.3. The van der Waals surface area contributed by atoms with Crippen LogP contribution in [0.15, 0.2) is 66.1 Å². The van der Waals surface area contributed by atoms with E-state index in [-0.39, 0.29) is 5.56 Å². The molecule has 148 valence electrons. The Morgan fingerprint density at radius 3 is 2.72 bits per heavy atom. The predicted molar refractivity (Wildman–Crippen MR) is 118 cm³/mol. The second-order valence-corrected chi connectivity index (χ2v) is 8.20. The first-order chi connectivity index (χ1) is 14.0. The van der Waals surface area contributed by atoms with Crippen molar-refractivity contribution >= 4 is 49.6 Å². The van der Waals surface area contributed by atoms with Crippen molar-refractivity contribution in [3.05, 3.63) is 73.3 Å². The highest BCUT2D eigenvalue weighted by Gasteiger charge is 2.13. The standard InChI is InChI=1S/C21H17BrN2O4S/c1-3-24-20(26)16-9-13(22)4-7-17(16)23-21(24)29-11-12-8-19(25)28-18-10-14(27-2)5-6-15(12)18/h4-10H,3,11H2,1-2H3. The van der Waals surface area contributed by atoms with Gasteiger partial charge in [0.25, 0.3) is 5.56 Å². The highest BCUT2D eigenvalue weighted by molar-refractivity contribution is 9.10. The van der Waals surface area contributed by atoms with Crippen molar-refractivity contribution in [1.29, 1.82) is 0 Å². The van der Waals surface area contributed by atoms with Gasteiger partial charge in [0.2, 0.25) is 0 Å². The van der Waals surface area contributed by atoms with Crippen LogP contribution in [0.25, 0.3) is 21.9 Å². The van der Waals surface area contributed by atoms with Crippen molar-refractivity contribution < 1.29 is 9.15 Å². The predicted octanol–water partition coefficient (Wildman–Crippen LogP) is 4.59. The van der Waals surface area contributed by atoms with Crippen LogP contribution < -0.4 is 15.9 Å². The molecule has 0 fully saturated rings. The van der Waals surface area contributed by atoms with E-state index in [0.29, 0.717) is 39.7 Å². The highest BCUT2D eigenvalue weighted by Crippen LogP contribution is 2.28. The van der Waals surface area contributed by atoms with E-state index in [1.807, 2.05) is 31.2 Å². The number of ether oxygens (including phenoxy) is 1. The molecule has 0 atom stereocenters. The molecule has 2 aromatic carbocycles. The third kappa shape index (κ3) is 3.82. The van der Waals surface area contributed by atoms with Gasteiger partial charge in [-0.3, -0.25) is 9.36 Å². The van der Waals surface area contributed by atoms with Gasteiger partial charge >= 0.3 is 5.63 Å². The van der Waals surface area contributed by atoms with E-state index in [9.17, 15) is 9.59 Å². The van der Waals surface area contributed by atoms with Crippen LogP contribution in [0.2, 0.25) is 0 Å². The Bertz CT molecular complexity index is 1350. The van der Waals surface area contributed by atoms with Crippen LogP contribution in [-0.2, 0) is 12.3 Å². The quantitative estimate of drug-likeness (QED) is 0.240. The molecule has 4 aromatic rings. The minimum absolute atomic E-state index is 0.0801. The molecule has 8 heteroatoms. The lowest BCUT2D eigenvalue weighted by Crippen LogP contribution is -2.22. The lowest BCUT2D eigenvalue weighted by atomic mass is 10.1. The van der Waals surface area contributed by atoms with E-state index in [0.717, 1.165) is 15.4 Å². The second-order valence-electron chi connectivity index (χ2n) is 6.35. The fourth-order valence-corrected chi connectivity index (χ4v) is 4.58. The van der Waals surface area contributed by atoms with Gasteiger partial charge in [-0.05, 0) is 42.8 Å². The zero-order valence-corrected chi connectivity index (χ0v) is 18.2. The molecule has 0 saturated carbocycles. The van der Waals surface area contributed by atoms with Crippen molar-refractivity contribution in [2.45, 2.75) is 24.4 Å². The third-order valence-corrected chi connectivity index (χ3v) is 6.11. The zero-order valence-electron chi connectivity index (χ0n) is 15.8. The molecule has 0 radical (unpaired) electrons. The summed E-state index contributed by atoms with van der Waals surface area (Å²) in [6.07, 6.45) is 0. The first-order valence-corrected chi connectivity index (χ1v) is 10.7. The molecule has 0 N–H and O–H groups in total. The Hall–Kier alpha value is -2.58. The van der Waals surface area contributed by atoms with Gasteiger partial charge < -0.3 is 9.15 Å². The van der Waals surface area contributed by atoms with Gasteiger partial charge in [0.15, 0.2) is 5.16 Å². The number of rotatable bonds is 5. The van der Waals surface area contributed by atoms with Crippen LogP contribution in [0.5, 0.6) is 5.75 Å². The molecular weight excluding hydrogens is 456 g/mol. The smallest absolute Gasteiger partial charge is 0.336 e. The van der Waals surface area contributed by atoms with Gasteiger partial charge in [-0.15, -0.1) is 0 Å². The fraction of sp³-hybridized carbons (Fsp3) is 0.190. The molecule has 0 spiro atoms. The Balaban J connectivity index is 1.76. The summed E-state index contributed by atoms with van der Waals surface area (Å²) in [5.41, 5.74) is 1.43. The SMILES string of the molecule is CCn1c(SCc2cc(=O)oc3cc(OC)ccc23)nc2ccc(Br)cc2c1=O. The maximum absolute atomic E-state index is 12.9. The molecule has 0 saturated heterocycles. The Morgan fingerprint density at radius 1 is 1.14 bits per heavy atom. The maximum atomic E-state index is 12.9. The third-order valence-electron chi connectivity index (χ3n) is 4.59. The molecule has 29 heavy (non-hydrogen) atoms. The molecule has 4 rings (SSSR count). The van der Waals surface area contributed by atoms with Gasteiger partial charge in [-0.1, -0.05) is 27.7 Å². The zero-order chi connectivity index (χ0) is 20.5. The van der Waals surface area contributed by atoms with Gasteiger partial charge in [0.1, 0.15) is 11.3 Å². The number of thioether (sulfide) groups is 1. The molecule has 0 aliphatic carbocycles. The van der Waals surface area contributed by atoms with Crippen LogP contribution in [0.3, 0.4) is 0 Å². The van der Waals surface area contributed by atoms with E-state index in [1.165, 1.54) is 17.8 Å². The van der Waals surface area contributed by atoms with Gasteiger partial charge in [0.05, 0.1) is 18.0 Å². The molecular formula is C21H17BrN2O4S. The summed E-state index contributed by atoms with van der Waals surface area (Å²) < 4.78 is 13.0. The van der Waals surface area contributed by atoms with Crippen LogP contribution in [0, 0.1) is 0 Å². The van der Waals surface area contributed by atoms with E-state index in [1.54, 1.807) is 23.8 Å². The molecule has 2 heterocycles. The van der Waals surface area contributed by atoms with Crippen molar-refractivity contribution in [2.24, 2.45) is 0 Å². The highest BCUT2D eigenvalue weighted by atomic mass is 79.9. The maximum Gasteiger partial charge on any atom is 0.336 e. The van der Waals surface area contributed by atoms with Crippen molar-refractivity contribution in [2.75, 3.05) is 7.11 Å². The van der Waals surface area contributed by atoms with E-state index < -0.39 is 5.63 Å². The van der Waals surface area contributed by atoms with Crippen molar-refractivity contribution in [1.82, 2.24) is 9.55 Å². The number of methoxy groups -OCH3 is 1. The normalized spacial score (nSPS) is 11.3. The summed E-state index contributed by atoms with van der Waals surface area (Å²) in [4.78, 5) is 29.6. The number of fused-ring (bicyclic) bond motifs is 2. The molecule has 0 amide bonds. The minimum Gasteiger partial charge on any atom is -0.497 e. The van der Waals surface area contributed by atoms with E-state index in [2.05, 4.69) is 20.9 Å². The fourth-order valence-electron chi connectivity index (χ4n) is 3.16. The number of halogens is 1. The number of aromatic nitrogens is 2. The molecule has 0 bridgehead atoms. The molecule has 6 nitrogen and oxygen atoms in total. The number of hydrogen-bond acceptors (Lipinski definition) is 6. The largest absolute Gasteiger partial charge is 0.497 e. The Morgan fingerprint density at radius 2 is 1.97 bits per heavy atom. The Labute approximate surface area is 178 Å². The van der Waals surface area contributed by atoms with Crippen LogP contribution in [0.1, 0.15) is 12.5 Å². The van der Waals surface area contributed by atoms with Crippen LogP contribution in [0.4, 0.5) is 0 Å². The molecule has 0 unspecified atom stereocenters. The molecule has 2 aromatic heterocycles. The van der Waals surface area contributed by atoms with E-state index >= 15 is 0 Å². The van der Waals surface area contributed by atoms with Crippen molar-refractivity contribution in [3.8, 4) is 5.75 Å². The summed E-state index contributed by atoms with van der Waals surface area (Å²) >= 11 is 4.82. The lowest BCUT2D eigenvalue weighted by Gasteiger charge is -2.12. The topological polar surface area (TPSA) is 74.3 Å². The number of benzene rings is 2. The van der Waals surface area contributed by atoms with Crippen LogP contribution >= 0.6 is 27.7 Å². The van der Waals surface area contributed by atoms with Gasteiger partial charge in [0, 0.05) is 34.3 Å². The Kier molecular flexibility index (Phi) is 5.47. The summed E-state index contributed by atoms with van der Waals surface area (Å²) in [7, 11) is 1.56. The summed E-state index contributed by atoms with van der Waals surface area (Å²) in [6.45, 7) is 2.42.